The van der Waals surface area contributed by atoms with Gasteiger partial charge in [-0.15, -0.1) is 0 Å². The molecule has 1 aromatic carbocycles. The minimum Gasteiger partial charge on any atom is -0.385 e. The zero-order chi connectivity index (χ0) is 14.2. The highest BCUT2D eigenvalue weighted by Crippen LogP contribution is 2.31. The Balaban J connectivity index is 1.95. The molecule has 2 heterocycles. The molecule has 110 valence electrons. The number of aryl methyl sites for hydroxylation is 1. The molecule has 0 aromatic heterocycles. The predicted octanol–water partition coefficient (Wildman–Crippen LogP) is 2.61. The lowest BCUT2D eigenvalue weighted by Crippen LogP contribution is -2.35. The van der Waals surface area contributed by atoms with Crippen LogP contribution in [0, 0.1) is 0 Å². The molecule has 4 nitrogen and oxygen atoms in total. The van der Waals surface area contributed by atoms with Gasteiger partial charge in [-0.1, -0.05) is 13.0 Å². The minimum atomic E-state index is -3.34. The van der Waals surface area contributed by atoms with Crippen molar-refractivity contribution in [1.29, 1.82) is 0 Å². The molecule has 0 saturated carbocycles. The van der Waals surface area contributed by atoms with E-state index < -0.39 is 10.0 Å². The first-order valence-electron chi connectivity index (χ1n) is 7.51. The van der Waals surface area contributed by atoms with E-state index in [0.29, 0.717) is 11.4 Å². The van der Waals surface area contributed by atoms with E-state index in [9.17, 15) is 8.42 Å². The van der Waals surface area contributed by atoms with Crippen LogP contribution in [-0.2, 0) is 16.4 Å². The highest BCUT2D eigenvalue weighted by atomic mass is 32.2. The molecule has 1 unspecified atom stereocenters. The van der Waals surface area contributed by atoms with Crippen LogP contribution in [0.25, 0.3) is 0 Å². The second-order valence-electron chi connectivity index (χ2n) is 5.67. The highest BCUT2D eigenvalue weighted by molar-refractivity contribution is 7.89. The van der Waals surface area contributed by atoms with Crippen LogP contribution < -0.4 is 5.32 Å². The van der Waals surface area contributed by atoms with E-state index in [4.69, 9.17) is 0 Å². The van der Waals surface area contributed by atoms with Crippen molar-refractivity contribution >= 4 is 15.7 Å². The fourth-order valence-electron chi connectivity index (χ4n) is 3.27. The number of fused-ring (bicyclic) bond motifs is 1. The van der Waals surface area contributed by atoms with Crippen LogP contribution in [0.2, 0.25) is 0 Å². The van der Waals surface area contributed by atoms with Crippen LogP contribution in [0.15, 0.2) is 23.1 Å². The Morgan fingerprint density at radius 3 is 3.00 bits per heavy atom. The van der Waals surface area contributed by atoms with Crippen LogP contribution >= 0.6 is 0 Å². The summed E-state index contributed by atoms with van der Waals surface area (Å²) in [6.45, 7) is 3.65. The maximum atomic E-state index is 12.8. The smallest absolute Gasteiger partial charge is 0.243 e. The number of nitrogens with one attached hydrogen (secondary N) is 1. The zero-order valence-corrected chi connectivity index (χ0v) is 12.7. The number of hydrogen-bond acceptors (Lipinski definition) is 3. The van der Waals surface area contributed by atoms with E-state index in [1.165, 1.54) is 5.56 Å². The molecule has 1 aromatic rings. The second kappa shape index (κ2) is 5.37. The number of sulfonamides is 1. The summed E-state index contributed by atoms with van der Waals surface area (Å²) < 4.78 is 27.3. The number of rotatable bonds is 3. The quantitative estimate of drug-likeness (QED) is 0.932. The van der Waals surface area contributed by atoms with Gasteiger partial charge >= 0.3 is 0 Å². The van der Waals surface area contributed by atoms with Gasteiger partial charge in [-0.25, -0.2) is 8.42 Å². The fraction of sp³-hybridized carbons (Fsp3) is 0.600. The molecule has 2 aliphatic rings. The van der Waals surface area contributed by atoms with Crippen molar-refractivity contribution < 1.29 is 8.42 Å². The Morgan fingerprint density at radius 1 is 1.35 bits per heavy atom. The highest BCUT2D eigenvalue weighted by Gasteiger charge is 2.34. The molecular weight excluding hydrogens is 272 g/mol. The summed E-state index contributed by atoms with van der Waals surface area (Å²) in [6, 6.07) is 5.72. The third-order valence-corrected chi connectivity index (χ3v) is 6.37. The second-order valence-corrected chi connectivity index (χ2v) is 7.56. The van der Waals surface area contributed by atoms with Crippen LogP contribution in [0.3, 0.4) is 0 Å². The van der Waals surface area contributed by atoms with E-state index in [1.807, 2.05) is 12.1 Å². The summed E-state index contributed by atoms with van der Waals surface area (Å²) in [7, 11) is -3.34. The molecule has 0 spiro atoms. The third kappa shape index (κ3) is 2.33. The average molecular weight is 294 g/mol. The van der Waals surface area contributed by atoms with Crippen molar-refractivity contribution in [3.8, 4) is 0 Å². The van der Waals surface area contributed by atoms with Gasteiger partial charge in [0.15, 0.2) is 0 Å². The van der Waals surface area contributed by atoms with Crippen molar-refractivity contribution in [3.05, 3.63) is 23.8 Å². The lowest BCUT2D eigenvalue weighted by atomic mass is 10.0. The zero-order valence-electron chi connectivity index (χ0n) is 11.9. The Bertz CT molecular complexity index is 598. The Kier molecular flexibility index (Phi) is 3.73. The summed E-state index contributed by atoms with van der Waals surface area (Å²) in [4.78, 5) is 0.436. The van der Waals surface area contributed by atoms with E-state index in [2.05, 4.69) is 12.2 Å². The molecule has 1 atom stereocenters. The van der Waals surface area contributed by atoms with Crippen LogP contribution in [-0.4, -0.2) is 31.9 Å². The van der Waals surface area contributed by atoms with Crippen LogP contribution in [0.1, 0.15) is 38.2 Å². The molecule has 0 aliphatic carbocycles. The molecular formula is C15H22N2O2S. The van der Waals surface area contributed by atoms with Gasteiger partial charge in [0.1, 0.15) is 0 Å². The van der Waals surface area contributed by atoms with Gasteiger partial charge in [-0.05, 0) is 49.8 Å². The molecule has 5 heteroatoms. The summed E-state index contributed by atoms with van der Waals surface area (Å²) in [5, 5.41) is 3.31. The van der Waals surface area contributed by atoms with Crippen molar-refractivity contribution in [2.75, 3.05) is 18.4 Å². The summed E-state index contributed by atoms with van der Waals surface area (Å²) in [5.74, 6) is 0. The predicted molar refractivity (Wildman–Crippen MR) is 80.5 cm³/mol. The number of hydrogen-bond donors (Lipinski definition) is 1. The van der Waals surface area contributed by atoms with Gasteiger partial charge in [-0.2, -0.15) is 4.31 Å². The molecule has 0 bridgehead atoms. The first-order chi connectivity index (χ1) is 9.63. The monoisotopic (exact) mass is 294 g/mol. The first-order valence-corrected chi connectivity index (χ1v) is 8.95. The number of nitrogens with zero attached hydrogens (tertiary/aromatic N) is 1. The number of benzene rings is 1. The standard InChI is InChI=1S/C15H22N2O2S/c1-2-13-6-4-10-17(13)20(18,19)14-8-7-12-5-3-9-16-15(12)11-14/h7-8,11,13,16H,2-6,9-10H2,1H3. The normalized spacial score (nSPS) is 23.4. The first kappa shape index (κ1) is 13.9. The largest absolute Gasteiger partial charge is 0.385 e. The summed E-state index contributed by atoms with van der Waals surface area (Å²) in [5.41, 5.74) is 2.22. The molecule has 0 radical (unpaired) electrons. The van der Waals surface area contributed by atoms with Crippen molar-refractivity contribution in [2.24, 2.45) is 0 Å². The summed E-state index contributed by atoms with van der Waals surface area (Å²) in [6.07, 6.45) is 5.00. The topological polar surface area (TPSA) is 49.4 Å². The van der Waals surface area contributed by atoms with Crippen molar-refractivity contribution in [2.45, 2.75) is 50.0 Å². The molecule has 1 N–H and O–H groups in total. The van der Waals surface area contributed by atoms with E-state index in [-0.39, 0.29) is 6.04 Å². The maximum Gasteiger partial charge on any atom is 0.243 e. The van der Waals surface area contributed by atoms with Crippen LogP contribution in [0.4, 0.5) is 5.69 Å². The molecule has 1 saturated heterocycles. The molecule has 0 amide bonds. The SMILES string of the molecule is CCC1CCCN1S(=O)(=O)c1ccc2c(c1)NCCC2. The lowest BCUT2D eigenvalue weighted by molar-refractivity contribution is 0.379. The lowest BCUT2D eigenvalue weighted by Gasteiger charge is -2.24. The van der Waals surface area contributed by atoms with Crippen molar-refractivity contribution in [3.63, 3.8) is 0 Å². The van der Waals surface area contributed by atoms with Crippen LogP contribution in [0.5, 0.6) is 0 Å². The molecule has 2 aliphatic heterocycles. The number of anilines is 1. The average Bonchev–Trinajstić information content (AvgIpc) is 2.96. The molecule has 1 fully saturated rings. The molecule has 20 heavy (non-hydrogen) atoms. The minimum absolute atomic E-state index is 0.170. The van der Waals surface area contributed by atoms with E-state index >= 15 is 0 Å². The van der Waals surface area contributed by atoms with Crippen molar-refractivity contribution in [1.82, 2.24) is 4.31 Å². The Labute approximate surface area is 121 Å². The van der Waals surface area contributed by atoms with Gasteiger partial charge in [0, 0.05) is 24.8 Å². The van der Waals surface area contributed by atoms with Gasteiger partial charge in [0.25, 0.3) is 0 Å². The Hall–Kier alpha value is -1.07. The van der Waals surface area contributed by atoms with E-state index in [0.717, 1.165) is 44.3 Å². The van der Waals surface area contributed by atoms with Gasteiger partial charge in [0.2, 0.25) is 10.0 Å². The van der Waals surface area contributed by atoms with Gasteiger partial charge in [-0.3, -0.25) is 0 Å². The van der Waals surface area contributed by atoms with E-state index in [1.54, 1.807) is 10.4 Å². The third-order valence-electron chi connectivity index (χ3n) is 4.42. The van der Waals surface area contributed by atoms with Gasteiger partial charge in [0.05, 0.1) is 4.90 Å². The molecule has 3 rings (SSSR count). The van der Waals surface area contributed by atoms with Gasteiger partial charge < -0.3 is 5.32 Å². The Morgan fingerprint density at radius 2 is 2.20 bits per heavy atom. The maximum absolute atomic E-state index is 12.8. The summed E-state index contributed by atoms with van der Waals surface area (Å²) >= 11 is 0. The fourth-order valence-corrected chi connectivity index (χ4v) is 5.06.